The van der Waals surface area contributed by atoms with Crippen molar-refractivity contribution < 1.29 is 23.9 Å². The molecular formula is C26H16Cl4N2O5. The molecule has 5 rings (SSSR count). The number of hydrogen-bond donors (Lipinski definition) is 0. The van der Waals surface area contributed by atoms with Crippen LogP contribution in [0, 0.1) is 12.8 Å². The first-order chi connectivity index (χ1) is 17.6. The van der Waals surface area contributed by atoms with Crippen molar-refractivity contribution in [3.8, 4) is 5.75 Å². The quantitative estimate of drug-likeness (QED) is 0.118. The fourth-order valence-electron chi connectivity index (χ4n) is 4.31. The highest BCUT2D eigenvalue weighted by Crippen LogP contribution is 2.46. The number of hydrogen-bond acceptors (Lipinski definition) is 5. The monoisotopic (exact) mass is 576 g/mol. The second-order valence-electron chi connectivity index (χ2n) is 8.61. The lowest BCUT2D eigenvalue weighted by molar-refractivity contribution is -0.139. The minimum Gasteiger partial charge on any atom is -0.426 e. The third-order valence-electron chi connectivity index (χ3n) is 6.20. The van der Waals surface area contributed by atoms with Crippen molar-refractivity contribution in [1.82, 2.24) is 0 Å². The highest BCUT2D eigenvalue weighted by atomic mass is 35.5. The summed E-state index contributed by atoms with van der Waals surface area (Å²) in [6.07, 6.45) is 0.00330. The van der Waals surface area contributed by atoms with Gasteiger partial charge in [0.15, 0.2) is 0 Å². The van der Waals surface area contributed by atoms with Gasteiger partial charge in [-0.3, -0.25) is 19.2 Å². The number of amides is 3. The molecule has 2 aliphatic heterocycles. The molecule has 3 amide bonds. The SMILES string of the molecule is Cc1ccc(N2C[C@@H](C(=O)Oc3cccc(N4C(=O)c5c(Cl)c(Cl)c(Cl)c(Cl)c5C4=O)c3)CC2=O)cc1. The minimum absolute atomic E-state index is 0.00330. The zero-order chi connectivity index (χ0) is 26.6. The van der Waals surface area contributed by atoms with Crippen LogP contribution in [0.4, 0.5) is 11.4 Å². The molecule has 1 atom stereocenters. The van der Waals surface area contributed by atoms with Crippen LogP contribution in [0.1, 0.15) is 32.7 Å². The smallest absolute Gasteiger partial charge is 0.316 e. The Morgan fingerprint density at radius 1 is 0.838 bits per heavy atom. The number of rotatable bonds is 4. The van der Waals surface area contributed by atoms with Gasteiger partial charge in [0.25, 0.3) is 11.8 Å². The molecule has 1 saturated heterocycles. The molecule has 0 N–H and O–H groups in total. The summed E-state index contributed by atoms with van der Waals surface area (Å²) in [6.45, 7) is 2.12. The summed E-state index contributed by atoms with van der Waals surface area (Å²) < 4.78 is 5.52. The van der Waals surface area contributed by atoms with Crippen molar-refractivity contribution in [1.29, 1.82) is 0 Å². The zero-order valence-corrected chi connectivity index (χ0v) is 22.1. The van der Waals surface area contributed by atoms with E-state index in [0.29, 0.717) is 5.69 Å². The van der Waals surface area contributed by atoms with E-state index in [-0.39, 0.29) is 61.5 Å². The summed E-state index contributed by atoms with van der Waals surface area (Å²) >= 11 is 24.5. The average Bonchev–Trinajstić information content (AvgIpc) is 3.39. The van der Waals surface area contributed by atoms with Gasteiger partial charge in [0, 0.05) is 24.7 Å². The lowest BCUT2D eigenvalue weighted by Gasteiger charge is -2.17. The number of carbonyl (C=O) groups is 4. The van der Waals surface area contributed by atoms with Gasteiger partial charge in [0.05, 0.1) is 42.8 Å². The van der Waals surface area contributed by atoms with E-state index < -0.39 is 23.7 Å². The van der Waals surface area contributed by atoms with Gasteiger partial charge in [-0.1, -0.05) is 70.2 Å². The molecule has 0 unspecified atom stereocenters. The summed E-state index contributed by atoms with van der Waals surface area (Å²) in [5.74, 6) is -2.87. The predicted molar refractivity (Wildman–Crippen MR) is 141 cm³/mol. The zero-order valence-electron chi connectivity index (χ0n) is 19.1. The molecule has 2 aliphatic rings. The van der Waals surface area contributed by atoms with Gasteiger partial charge in [0.2, 0.25) is 5.91 Å². The van der Waals surface area contributed by atoms with Gasteiger partial charge in [0.1, 0.15) is 5.75 Å². The van der Waals surface area contributed by atoms with Crippen molar-refractivity contribution >= 4 is 81.5 Å². The van der Waals surface area contributed by atoms with E-state index in [2.05, 4.69) is 0 Å². The largest absolute Gasteiger partial charge is 0.426 e. The molecule has 3 aromatic rings. The van der Waals surface area contributed by atoms with E-state index >= 15 is 0 Å². The predicted octanol–water partition coefficient (Wildman–Crippen LogP) is 6.37. The van der Waals surface area contributed by atoms with Crippen LogP contribution in [0.2, 0.25) is 20.1 Å². The van der Waals surface area contributed by atoms with Gasteiger partial charge >= 0.3 is 5.97 Å². The molecule has 0 radical (unpaired) electrons. The molecular weight excluding hydrogens is 562 g/mol. The van der Waals surface area contributed by atoms with Crippen molar-refractivity contribution in [2.24, 2.45) is 5.92 Å². The Balaban J connectivity index is 1.36. The van der Waals surface area contributed by atoms with E-state index in [1.165, 1.54) is 24.3 Å². The topological polar surface area (TPSA) is 84.0 Å². The van der Waals surface area contributed by atoms with Gasteiger partial charge in [-0.15, -0.1) is 0 Å². The highest BCUT2D eigenvalue weighted by Gasteiger charge is 2.43. The summed E-state index contributed by atoms with van der Waals surface area (Å²) in [5, 5.41) is -0.635. The molecule has 188 valence electrons. The van der Waals surface area contributed by atoms with Gasteiger partial charge < -0.3 is 9.64 Å². The average molecular weight is 578 g/mol. The van der Waals surface area contributed by atoms with Crippen molar-refractivity contribution in [2.75, 3.05) is 16.3 Å². The molecule has 37 heavy (non-hydrogen) atoms. The summed E-state index contributed by atoms with van der Waals surface area (Å²) in [4.78, 5) is 54.1. The fourth-order valence-corrected chi connectivity index (χ4v) is 5.32. The molecule has 11 heteroatoms. The third-order valence-corrected chi connectivity index (χ3v) is 8.00. The van der Waals surface area contributed by atoms with E-state index in [1.54, 1.807) is 4.90 Å². The second-order valence-corrected chi connectivity index (χ2v) is 10.1. The Morgan fingerprint density at radius 3 is 2.03 bits per heavy atom. The lowest BCUT2D eigenvalue weighted by Crippen LogP contribution is -2.29. The number of halogens is 4. The summed E-state index contributed by atoms with van der Waals surface area (Å²) in [6, 6.07) is 13.3. The van der Waals surface area contributed by atoms with Gasteiger partial charge in [-0.2, -0.15) is 0 Å². The maximum atomic E-state index is 13.1. The first kappa shape index (κ1) is 25.5. The number of ether oxygens (including phenoxy) is 1. The molecule has 0 aliphatic carbocycles. The molecule has 0 bridgehead atoms. The second kappa shape index (κ2) is 9.65. The van der Waals surface area contributed by atoms with E-state index in [1.807, 2.05) is 31.2 Å². The van der Waals surface area contributed by atoms with E-state index in [4.69, 9.17) is 51.1 Å². The number of imide groups is 1. The third kappa shape index (κ3) is 4.36. The van der Waals surface area contributed by atoms with Crippen LogP contribution in [-0.2, 0) is 9.59 Å². The molecule has 1 fully saturated rings. The summed E-state index contributed by atoms with van der Waals surface area (Å²) in [7, 11) is 0. The Kier molecular flexibility index (Phi) is 6.66. The fraction of sp³-hybridized carbons (Fsp3) is 0.154. The number of benzene rings is 3. The number of nitrogens with zero attached hydrogens (tertiary/aromatic N) is 2. The van der Waals surface area contributed by atoms with Crippen LogP contribution in [0.25, 0.3) is 0 Å². The van der Waals surface area contributed by atoms with Crippen LogP contribution < -0.4 is 14.5 Å². The van der Waals surface area contributed by atoms with Crippen LogP contribution in [0.5, 0.6) is 5.75 Å². The minimum atomic E-state index is -0.746. The van der Waals surface area contributed by atoms with E-state index in [9.17, 15) is 19.2 Å². The normalized spacial score (nSPS) is 17.0. The lowest BCUT2D eigenvalue weighted by atomic mass is 10.1. The van der Waals surface area contributed by atoms with Crippen molar-refractivity contribution in [3.63, 3.8) is 0 Å². The Hall–Kier alpha value is -3.10. The molecule has 0 aromatic heterocycles. The Morgan fingerprint density at radius 2 is 1.43 bits per heavy atom. The van der Waals surface area contributed by atoms with Crippen LogP contribution in [-0.4, -0.2) is 30.2 Å². The standard InChI is InChI=1S/C26H16Cl4N2O5/c1-12-5-7-14(8-6-12)31-11-13(9-17(31)33)26(36)37-16-4-2-3-15(10-16)32-24(34)18-19(25(32)35)21(28)23(30)22(29)20(18)27/h2-8,10,13H,9,11H2,1H3/t13-/m0/s1. The molecule has 0 spiro atoms. The van der Waals surface area contributed by atoms with Crippen molar-refractivity contribution in [3.05, 3.63) is 85.3 Å². The number of esters is 1. The van der Waals surface area contributed by atoms with E-state index in [0.717, 1.165) is 10.5 Å². The number of carbonyl (C=O) groups excluding carboxylic acids is 4. The maximum absolute atomic E-state index is 13.1. The highest BCUT2D eigenvalue weighted by molar-refractivity contribution is 6.56. The summed E-state index contributed by atoms with van der Waals surface area (Å²) in [5.41, 5.74) is 1.57. The number of fused-ring (bicyclic) bond motifs is 1. The first-order valence-electron chi connectivity index (χ1n) is 11.0. The maximum Gasteiger partial charge on any atom is 0.316 e. The Labute approximate surface area is 231 Å². The van der Waals surface area contributed by atoms with Crippen molar-refractivity contribution in [2.45, 2.75) is 13.3 Å². The molecule has 7 nitrogen and oxygen atoms in total. The Bertz CT molecular complexity index is 1460. The first-order valence-corrected chi connectivity index (χ1v) is 12.5. The van der Waals surface area contributed by atoms with Crippen LogP contribution >= 0.6 is 46.4 Å². The molecule has 0 saturated carbocycles. The van der Waals surface area contributed by atoms with Crippen LogP contribution in [0.3, 0.4) is 0 Å². The van der Waals surface area contributed by atoms with Crippen LogP contribution in [0.15, 0.2) is 48.5 Å². The molecule has 2 heterocycles. The number of anilines is 2. The van der Waals surface area contributed by atoms with Gasteiger partial charge in [-0.05, 0) is 31.2 Å². The number of aryl methyl sites for hydroxylation is 1. The molecule has 3 aromatic carbocycles. The van der Waals surface area contributed by atoms with Gasteiger partial charge in [-0.25, -0.2) is 4.90 Å².